The summed E-state index contributed by atoms with van der Waals surface area (Å²) in [6.45, 7) is 13.2. The molecule has 0 bridgehead atoms. The summed E-state index contributed by atoms with van der Waals surface area (Å²) in [6, 6.07) is 74.9. The van der Waals surface area contributed by atoms with Crippen LogP contribution in [0.25, 0.3) is 56.2 Å². The van der Waals surface area contributed by atoms with E-state index in [0.717, 1.165) is 50.4 Å². The molecule has 0 aliphatic carbocycles. The summed E-state index contributed by atoms with van der Waals surface area (Å²) in [5, 5.41) is 0. The quantitative estimate of drug-likeness (QED) is 0.130. The minimum Gasteiger partial charge on any atom is -0.309 e. The molecular formula is C63H53N5. The molecule has 0 radical (unpaired) electrons. The number of aromatic nitrogens is 3. The summed E-state index contributed by atoms with van der Waals surface area (Å²) in [7, 11) is 0. The SMILES string of the molecule is Cc1cc(C)c(N(c2ccc(N(c3nc(-c4ccccc4)nc(-c4ccc(-c5ccccc5-c5ccccc5)cc4)n3)c3ccccc3-c3ccccc3)cc2)c2c(C)cc(C)cc2C)c(C)c1. The van der Waals surface area contributed by atoms with Crippen LogP contribution in [-0.4, -0.2) is 15.0 Å². The Morgan fingerprint density at radius 2 is 0.632 bits per heavy atom. The molecule has 1 aromatic heterocycles. The molecule has 0 N–H and O–H groups in total. The highest BCUT2D eigenvalue weighted by molar-refractivity contribution is 5.90. The Morgan fingerprint density at radius 3 is 1.10 bits per heavy atom. The molecule has 0 saturated carbocycles. The normalized spacial score (nSPS) is 11.1. The van der Waals surface area contributed by atoms with Crippen molar-refractivity contribution in [3.8, 4) is 56.2 Å². The summed E-state index contributed by atoms with van der Waals surface area (Å²) < 4.78 is 0. The lowest BCUT2D eigenvalue weighted by molar-refractivity contribution is 1.02. The Hall–Kier alpha value is -8.41. The van der Waals surface area contributed by atoms with Crippen LogP contribution < -0.4 is 9.80 Å². The van der Waals surface area contributed by atoms with Crippen LogP contribution in [0.15, 0.2) is 212 Å². The number of hydrogen-bond acceptors (Lipinski definition) is 5. The molecule has 0 atom stereocenters. The van der Waals surface area contributed by atoms with Crippen molar-refractivity contribution >= 4 is 34.4 Å². The fourth-order valence-corrected chi connectivity index (χ4v) is 9.78. The fraction of sp³-hybridized carbons (Fsp3) is 0.0952. The van der Waals surface area contributed by atoms with Gasteiger partial charge in [-0.1, -0.05) is 193 Å². The maximum Gasteiger partial charge on any atom is 0.238 e. The van der Waals surface area contributed by atoms with Gasteiger partial charge in [0, 0.05) is 28.1 Å². The third-order valence-electron chi connectivity index (χ3n) is 12.6. The second-order valence-corrected chi connectivity index (χ2v) is 17.7. The molecule has 10 rings (SSSR count). The number of nitrogens with zero attached hydrogens (tertiary/aromatic N) is 5. The van der Waals surface area contributed by atoms with E-state index < -0.39 is 0 Å². The zero-order valence-corrected chi connectivity index (χ0v) is 39.4. The first-order chi connectivity index (χ1) is 33.2. The van der Waals surface area contributed by atoms with Gasteiger partial charge < -0.3 is 4.90 Å². The van der Waals surface area contributed by atoms with E-state index in [-0.39, 0.29) is 0 Å². The Morgan fingerprint density at radius 1 is 0.294 bits per heavy atom. The first kappa shape index (κ1) is 43.5. The zero-order valence-electron chi connectivity index (χ0n) is 39.4. The van der Waals surface area contributed by atoms with Gasteiger partial charge in [-0.3, -0.25) is 4.90 Å². The van der Waals surface area contributed by atoms with Crippen molar-refractivity contribution in [2.45, 2.75) is 41.5 Å². The van der Waals surface area contributed by atoms with Crippen molar-refractivity contribution in [3.05, 3.63) is 246 Å². The lowest BCUT2D eigenvalue weighted by Crippen LogP contribution is -2.18. The van der Waals surface area contributed by atoms with Gasteiger partial charge in [0.25, 0.3) is 0 Å². The molecule has 0 amide bonds. The molecule has 0 spiro atoms. The lowest BCUT2D eigenvalue weighted by Gasteiger charge is -2.32. The van der Waals surface area contributed by atoms with Crippen LogP contribution in [0.5, 0.6) is 0 Å². The molecule has 330 valence electrons. The molecule has 9 aromatic carbocycles. The molecule has 1 heterocycles. The van der Waals surface area contributed by atoms with Crippen molar-refractivity contribution in [1.82, 2.24) is 15.0 Å². The molecule has 0 saturated heterocycles. The highest BCUT2D eigenvalue weighted by atomic mass is 15.3. The summed E-state index contributed by atoms with van der Waals surface area (Å²) in [4.78, 5) is 20.5. The van der Waals surface area contributed by atoms with E-state index in [2.05, 4.69) is 245 Å². The molecule has 5 heteroatoms. The van der Waals surface area contributed by atoms with E-state index in [4.69, 9.17) is 15.0 Å². The molecule has 68 heavy (non-hydrogen) atoms. The van der Waals surface area contributed by atoms with E-state index in [0.29, 0.717) is 17.6 Å². The van der Waals surface area contributed by atoms with Gasteiger partial charge in [-0.05, 0) is 122 Å². The standard InChI is InChI=1S/C63H53N5/c1-42-38-44(3)59(45(4)39-42)68(60-46(5)40-43(2)41-47(60)6)54-36-34-53(35-37-54)67(58-29-19-18-28-57(58)49-22-12-8-13-23-49)63-65-61(51-24-14-9-15-25-51)64-62(66-63)52-32-30-50(31-33-52)56-27-17-16-26-55(56)48-20-10-7-11-21-48/h7-41H,1-6H3. The Kier molecular flexibility index (Phi) is 12.0. The summed E-state index contributed by atoms with van der Waals surface area (Å²) >= 11 is 0. The first-order valence-corrected chi connectivity index (χ1v) is 23.3. The van der Waals surface area contributed by atoms with Gasteiger partial charge in [-0.15, -0.1) is 0 Å². The van der Waals surface area contributed by atoms with Crippen molar-refractivity contribution in [2.75, 3.05) is 9.80 Å². The highest BCUT2D eigenvalue weighted by Gasteiger charge is 2.25. The van der Waals surface area contributed by atoms with Gasteiger partial charge in [0.05, 0.1) is 17.1 Å². The molecule has 10 aromatic rings. The average Bonchev–Trinajstić information content (AvgIpc) is 3.36. The van der Waals surface area contributed by atoms with Crippen LogP contribution in [0, 0.1) is 41.5 Å². The second-order valence-electron chi connectivity index (χ2n) is 17.7. The van der Waals surface area contributed by atoms with Crippen molar-refractivity contribution in [2.24, 2.45) is 0 Å². The number of hydrogen-bond donors (Lipinski definition) is 0. The van der Waals surface area contributed by atoms with Gasteiger partial charge >= 0.3 is 0 Å². The van der Waals surface area contributed by atoms with Crippen molar-refractivity contribution in [1.29, 1.82) is 0 Å². The third kappa shape index (κ3) is 8.70. The van der Waals surface area contributed by atoms with Gasteiger partial charge in [-0.25, -0.2) is 4.98 Å². The van der Waals surface area contributed by atoms with E-state index in [9.17, 15) is 0 Å². The third-order valence-corrected chi connectivity index (χ3v) is 12.6. The van der Waals surface area contributed by atoms with Crippen LogP contribution in [0.1, 0.15) is 33.4 Å². The molecule has 0 fully saturated rings. The van der Waals surface area contributed by atoms with E-state index >= 15 is 0 Å². The topological polar surface area (TPSA) is 45.2 Å². The van der Waals surface area contributed by atoms with Crippen LogP contribution in [-0.2, 0) is 0 Å². The van der Waals surface area contributed by atoms with Gasteiger partial charge in [0.2, 0.25) is 5.95 Å². The predicted octanol–water partition coefficient (Wildman–Crippen LogP) is 17.0. The summed E-state index contributed by atoms with van der Waals surface area (Å²) in [6.07, 6.45) is 0. The minimum atomic E-state index is 0.510. The Balaban J connectivity index is 1.15. The van der Waals surface area contributed by atoms with Crippen molar-refractivity contribution < 1.29 is 0 Å². The summed E-state index contributed by atoms with van der Waals surface area (Å²) in [5.41, 5.74) is 21.3. The van der Waals surface area contributed by atoms with Crippen LogP contribution in [0.2, 0.25) is 0 Å². The van der Waals surface area contributed by atoms with Gasteiger partial charge in [0.15, 0.2) is 11.6 Å². The van der Waals surface area contributed by atoms with E-state index in [1.165, 1.54) is 55.9 Å². The van der Waals surface area contributed by atoms with Gasteiger partial charge in [0.1, 0.15) is 0 Å². The smallest absolute Gasteiger partial charge is 0.238 e. The zero-order chi connectivity index (χ0) is 46.7. The largest absolute Gasteiger partial charge is 0.309 e. The minimum absolute atomic E-state index is 0.510. The van der Waals surface area contributed by atoms with Crippen LogP contribution >= 0.6 is 0 Å². The predicted molar refractivity (Wildman–Crippen MR) is 285 cm³/mol. The Bertz CT molecular complexity index is 3280. The monoisotopic (exact) mass is 879 g/mol. The summed E-state index contributed by atoms with van der Waals surface area (Å²) in [5.74, 6) is 1.68. The Labute approximate surface area is 400 Å². The number of rotatable bonds is 11. The molecule has 5 nitrogen and oxygen atoms in total. The molecule has 0 aliphatic rings. The van der Waals surface area contributed by atoms with Gasteiger partial charge in [-0.2, -0.15) is 9.97 Å². The molecule has 0 aliphatic heterocycles. The number of benzene rings is 9. The lowest BCUT2D eigenvalue weighted by atomic mass is 9.94. The molecule has 0 unspecified atom stereocenters. The van der Waals surface area contributed by atoms with E-state index in [1.54, 1.807) is 0 Å². The first-order valence-electron chi connectivity index (χ1n) is 23.3. The van der Waals surface area contributed by atoms with Crippen LogP contribution in [0.3, 0.4) is 0 Å². The maximum atomic E-state index is 5.39. The second kappa shape index (κ2) is 18.8. The van der Waals surface area contributed by atoms with Crippen LogP contribution in [0.4, 0.5) is 34.4 Å². The molecular weight excluding hydrogens is 827 g/mol. The van der Waals surface area contributed by atoms with E-state index in [1.807, 2.05) is 18.2 Å². The highest BCUT2D eigenvalue weighted by Crippen LogP contribution is 2.45. The average molecular weight is 880 g/mol. The fourth-order valence-electron chi connectivity index (χ4n) is 9.78. The van der Waals surface area contributed by atoms with Crippen molar-refractivity contribution in [3.63, 3.8) is 0 Å². The maximum absolute atomic E-state index is 5.39. The number of anilines is 6. The number of aryl methyl sites for hydroxylation is 6. The number of para-hydroxylation sites is 1.